The molecule has 4 saturated carbocycles. The average Bonchev–Trinajstić information content (AvgIpc) is 3.39. The number of thioether (sulfide) groups is 1. The van der Waals surface area contributed by atoms with Crippen molar-refractivity contribution in [2.75, 3.05) is 13.2 Å². The molecule has 1 saturated heterocycles. The first-order valence-corrected chi connectivity index (χ1v) is 19.6. The molecule has 4 aliphatic carbocycles. The molecule has 2 nitrogen and oxygen atoms in total. The fraction of sp³-hybridized carbons (Fsp3) is 1.00. The summed E-state index contributed by atoms with van der Waals surface area (Å²) in [6.45, 7) is 2.08. The minimum Gasteiger partial charge on any atom is -0.358 e. The Morgan fingerprint density at radius 2 is 0.686 bits per heavy atom. The Morgan fingerprint density at radius 1 is 0.400 bits per heavy atom. The van der Waals surface area contributed by atoms with Gasteiger partial charge in [-0.15, -0.1) is 0 Å². The summed E-state index contributed by atoms with van der Waals surface area (Å²) in [6.07, 6.45) is 32.0. The zero-order valence-electron chi connectivity index (χ0n) is 22.6. The van der Waals surface area contributed by atoms with Crippen molar-refractivity contribution < 1.29 is 9.05 Å². The minimum atomic E-state index is -0.205. The van der Waals surface area contributed by atoms with Crippen LogP contribution in [0.2, 0.25) is 0 Å². The van der Waals surface area contributed by atoms with E-state index in [0.717, 1.165) is 46.3 Å². The number of hydrogen-bond acceptors (Lipinski definition) is 3. The highest BCUT2D eigenvalue weighted by Crippen LogP contribution is 2.58. The van der Waals surface area contributed by atoms with E-state index in [0.29, 0.717) is 0 Å². The zero-order valence-corrected chi connectivity index (χ0v) is 25.2. The first-order chi connectivity index (χ1) is 17.4. The van der Waals surface area contributed by atoms with E-state index in [-0.39, 0.29) is 16.3 Å². The van der Waals surface area contributed by atoms with E-state index in [1.165, 1.54) is 141 Å². The standard InChI is InChI=1S/C30H54O2P2S/c1-5-13-25(14-6-1)33(26-15-7-2-8-16-26)31-23-29-21-22-30(35-29)24-32-34(27-17-9-3-10-18-27)28-19-11-4-12-20-28/h25-30H,1-24H2/t29-,30-/m1/s1. The van der Waals surface area contributed by atoms with Crippen LogP contribution in [0, 0.1) is 0 Å². The molecular formula is C30H54O2P2S. The summed E-state index contributed by atoms with van der Waals surface area (Å²) < 4.78 is 14.0. The van der Waals surface area contributed by atoms with E-state index >= 15 is 0 Å². The van der Waals surface area contributed by atoms with Crippen molar-refractivity contribution in [3.63, 3.8) is 0 Å². The van der Waals surface area contributed by atoms with Gasteiger partial charge in [0.05, 0.1) is 13.2 Å². The third kappa shape index (κ3) is 8.31. The molecule has 0 spiro atoms. The summed E-state index contributed by atoms with van der Waals surface area (Å²) in [5.41, 5.74) is 3.67. The molecule has 0 bridgehead atoms. The van der Waals surface area contributed by atoms with Gasteiger partial charge in [-0.3, -0.25) is 0 Å². The van der Waals surface area contributed by atoms with Crippen molar-refractivity contribution in [1.29, 1.82) is 0 Å². The van der Waals surface area contributed by atoms with Crippen LogP contribution in [0.1, 0.15) is 141 Å². The highest BCUT2D eigenvalue weighted by Gasteiger charge is 2.36. The average molecular weight is 541 g/mol. The van der Waals surface area contributed by atoms with Crippen molar-refractivity contribution in [3.05, 3.63) is 0 Å². The molecule has 0 aromatic heterocycles. The maximum Gasteiger partial charge on any atom is 0.0628 e. The van der Waals surface area contributed by atoms with Gasteiger partial charge in [0.2, 0.25) is 0 Å². The summed E-state index contributed by atoms with van der Waals surface area (Å²) in [5, 5.41) is 1.47. The molecule has 1 aliphatic heterocycles. The maximum atomic E-state index is 6.98. The van der Waals surface area contributed by atoms with E-state index < -0.39 is 0 Å². The van der Waals surface area contributed by atoms with Gasteiger partial charge >= 0.3 is 0 Å². The lowest BCUT2D eigenvalue weighted by atomic mass is 10.00. The smallest absolute Gasteiger partial charge is 0.0628 e. The van der Waals surface area contributed by atoms with Gasteiger partial charge < -0.3 is 9.05 Å². The summed E-state index contributed by atoms with van der Waals surface area (Å²) in [4.78, 5) is 0. The van der Waals surface area contributed by atoms with Crippen molar-refractivity contribution in [2.45, 2.75) is 174 Å². The van der Waals surface area contributed by atoms with Crippen molar-refractivity contribution in [2.24, 2.45) is 0 Å². The van der Waals surface area contributed by atoms with Gasteiger partial charge in [-0.25, -0.2) is 0 Å². The molecular weight excluding hydrogens is 486 g/mol. The Bertz CT molecular complexity index is 497. The molecule has 0 unspecified atom stereocenters. The quantitative estimate of drug-likeness (QED) is 0.257. The van der Waals surface area contributed by atoms with Crippen molar-refractivity contribution in [3.8, 4) is 0 Å². The first-order valence-electron chi connectivity index (χ1n) is 15.8. The molecule has 1 heterocycles. The topological polar surface area (TPSA) is 18.5 Å². The normalized spacial score (nSPS) is 31.0. The molecule has 5 fully saturated rings. The van der Waals surface area contributed by atoms with Crippen LogP contribution >= 0.6 is 28.1 Å². The number of rotatable bonds is 10. The second-order valence-electron chi connectivity index (χ2n) is 12.4. The summed E-state index contributed by atoms with van der Waals surface area (Å²) in [5.74, 6) is 0. The van der Waals surface area contributed by atoms with Gasteiger partial charge in [0.1, 0.15) is 0 Å². The zero-order chi connectivity index (χ0) is 23.7. The van der Waals surface area contributed by atoms with Gasteiger partial charge in [-0.05, 0) is 64.2 Å². The molecule has 0 aromatic carbocycles. The van der Waals surface area contributed by atoms with Crippen LogP contribution in [0.4, 0.5) is 0 Å². The first kappa shape index (κ1) is 27.7. The van der Waals surface area contributed by atoms with E-state index in [1.54, 1.807) is 0 Å². The Balaban J connectivity index is 1.09. The van der Waals surface area contributed by atoms with Gasteiger partial charge in [-0.1, -0.05) is 77.0 Å². The minimum absolute atomic E-state index is 0.205. The van der Waals surface area contributed by atoms with Crippen molar-refractivity contribution in [1.82, 2.24) is 0 Å². The monoisotopic (exact) mass is 540 g/mol. The third-order valence-electron chi connectivity index (χ3n) is 9.75. The number of hydrogen-bond donors (Lipinski definition) is 0. The lowest BCUT2D eigenvalue weighted by Gasteiger charge is -2.38. The predicted octanol–water partition coefficient (Wildman–Crippen LogP) is 10.4. The molecule has 202 valence electrons. The van der Waals surface area contributed by atoms with Crippen LogP contribution in [-0.2, 0) is 9.05 Å². The Morgan fingerprint density at radius 3 is 0.971 bits per heavy atom. The van der Waals surface area contributed by atoms with Crippen LogP contribution in [0.15, 0.2) is 0 Å². The lowest BCUT2D eigenvalue weighted by Crippen LogP contribution is -2.23. The van der Waals surface area contributed by atoms with E-state index in [4.69, 9.17) is 9.05 Å². The highest BCUT2D eigenvalue weighted by atomic mass is 32.2. The van der Waals surface area contributed by atoms with Crippen molar-refractivity contribution >= 4 is 28.1 Å². The van der Waals surface area contributed by atoms with E-state index in [2.05, 4.69) is 11.8 Å². The van der Waals surface area contributed by atoms with Crippen LogP contribution in [-0.4, -0.2) is 46.3 Å². The second-order valence-corrected chi connectivity index (χ2v) is 18.9. The molecule has 5 aliphatic rings. The maximum absolute atomic E-state index is 6.98. The van der Waals surface area contributed by atoms with Gasteiger partial charge in [0, 0.05) is 49.4 Å². The lowest BCUT2D eigenvalue weighted by molar-refractivity contribution is 0.314. The molecule has 2 atom stereocenters. The molecule has 0 aromatic rings. The molecule has 0 N–H and O–H groups in total. The van der Waals surface area contributed by atoms with Crippen LogP contribution in [0.3, 0.4) is 0 Å². The Labute approximate surface area is 224 Å². The summed E-state index contributed by atoms with van der Waals surface area (Å²) in [6, 6.07) is 0. The van der Waals surface area contributed by atoms with Crippen LogP contribution in [0.25, 0.3) is 0 Å². The Hall–Kier alpha value is 1.13. The molecule has 35 heavy (non-hydrogen) atoms. The van der Waals surface area contributed by atoms with Gasteiger partial charge in [0.25, 0.3) is 0 Å². The van der Waals surface area contributed by atoms with Crippen LogP contribution < -0.4 is 0 Å². The summed E-state index contributed by atoms with van der Waals surface area (Å²) in [7, 11) is -0.409. The molecule has 5 rings (SSSR count). The van der Waals surface area contributed by atoms with Gasteiger partial charge in [0.15, 0.2) is 0 Å². The Kier molecular flexibility index (Phi) is 11.9. The fourth-order valence-electron chi connectivity index (χ4n) is 7.72. The van der Waals surface area contributed by atoms with E-state index in [9.17, 15) is 0 Å². The summed E-state index contributed by atoms with van der Waals surface area (Å²) >= 11 is 2.25. The fourth-order valence-corrected chi connectivity index (χ4v) is 15.5. The largest absolute Gasteiger partial charge is 0.358 e. The molecule has 5 heteroatoms. The predicted molar refractivity (Wildman–Crippen MR) is 158 cm³/mol. The van der Waals surface area contributed by atoms with Gasteiger partial charge in [-0.2, -0.15) is 11.8 Å². The molecule has 0 amide bonds. The third-order valence-corrected chi connectivity index (χ3v) is 17.1. The van der Waals surface area contributed by atoms with E-state index in [1.807, 2.05) is 0 Å². The van der Waals surface area contributed by atoms with Crippen LogP contribution in [0.5, 0.6) is 0 Å². The second kappa shape index (κ2) is 15.1. The highest BCUT2D eigenvalue weighted by molar-refractivity contribution is 8.00. The molecule has 0 radical (unpaired) electrons. The SMILES string of the molecule is C1CCC(P(OC[C@H]2CC[C@H](COP(C3CCCCC3)C3CCCCC3)S2)C2CCCCC2)CC1.